The van der Waals surface area contributed by atoms with Crippen molar-refractivity contribution in [2.24, 2.45) is 0 Å². The summed E-state index contributed by atoms with van der Waals surface area (Å²) in [7, 11) is -1.33. The van der Waals surface area contributed by atoms with Gasteiger partial charge >= 0.3 is 5.97 Å². The molecule has 0 fully saturated rings. The lowest BCUT2D eigenvalue weighted by Gasteiger charge is -2.27. The number of aryl methyl sites for hydroxylation is 2. The van der Waals surface area contributed by atoms with E-state index in [9.17, 15) is 9.59 Å². The van der Waals surface area contributed by atoms with Gasteiger partial charge in [-0.3, -0.25) is 4.79 Å². The zero-order valence-electron chi connectivity index (χ0n) is 26.7. The number of hydrogen-bond donors (Lipinski definition) is 0. The number of aromatic nitrogens is 1. The van der Waals surface area contributed by atoms with E-state index >= 15 is 4.39 Å². The molecule has 240 valence electrons. The van der Waals surface area contributed by atoms with Crippen molar-refractivity contribution in [3.05, 3.63) is 81.1 Å². The first-order valence-corrected chi connectivity index (χ1v) is 19.6. The SMILES string of the molecule is CCOC(=O)c1nc(CN(CCCc2ccccc2)C(=O)C(OCOCC[Si](C)(C)C)c2ccc(OCC)cc2F)sc1C. The highest BCUT2D eigenvalue weighted by atomic mass is 32.1. The number of esters is 1. The molecule has 3 aromatic rings. The summed E-state index contributed by atoms with van der Waals surface area (Å²) >= 11 is 1.33. The minimum atomic E-state index is -1.33. The Bertz CT molecular complexity index is 1350. The van der Waals surface area contributed by atoms with Crippen LogP contribution in [0.15, 0.2) is 48.5 Å². The molecule has 0 saturated carbocycles. The van der Waals surface area contributed by atoms with Gasteiger partial charge in [-0.1, -0.05) is 50.0 Å². The molecule has 1 atom stereocenters. The third-order valence-corrected chi connectivity index (χ3v) is 9.45. The van der Waals surface area contributed by atoms with Crippen molar-refractivity contribution in [1.29, 1.82) is 0 Å². The first-order chi connectivity index (χ1) is 21.0. The number of thiazole rings is 1. The fourth-order valence-electron chi connectivity index (χ4n) is 4.45. The van der Waals surface area contributed by atoms with Crippen LogP contribution in [0.2, 0.25) is 25.7 Å². The molecule has 0 saturated heterocycles. The number of amides is 1. The Labute approximate surface area is 265 Å². The van der Waals surface area contributed by atoms with Gasteiger partial charge < -0.3 is 23.8 Å². The fourth-order valence-corrected chi connectivity index (χ4v) is 6.14. The largest absolute Gasteiger partial charge is 0.494 e. The highest BCUT2D eigenvalue weighted by Crippen LogP contribution is 2.29. The molecule has 0 radical (unpaired) electrons. The Morgan fingerprint density at radius 3 is 2.48 bits per heavy atom. The summed E-state index contributed by atoms with van der Waals surface area (Å²) in [5.74, 6) is -1.14. The standard InChI is InChI=1S/C33H45FN2O6SSi/c1-7-40-26-16-17-27(28(34)21-26)31(42-23-39-19-20-44(4,5)6)32(37)36(18-12-15-25-13-10-9-11-14-25)22-29-35-30(24(3)43-29)33(38)41-8-2/h9-11,13-14,16-17,21,31H,7-8,12,15,18-20,22-23H2,1-6H3. The summed E-state index contributed by atoms with van der Waals surface area (Å²) in [6.07, 6.45) is 0.161. The number of halogens is 1. The van der Waals surface area contributed by atoms with Crippen LogP contribution in [0.25, 0.3) is 0 Å². The fraction of sp³-hybridized carbons (Fsp3) is 0.485. The van der Waals surface area contributed by atoms with Gasteiger partial charge in [0.25, 0.3) is 5.91 Å². The Hall–Kier alpha value is -3.12. The van der Waals surface area contributed by atoms with Crippen LogP contribution in [0.5, 0.6) is 5.75 Å². The topological polar surface area (TPSA) is 87.2 Å². The number of rotatable bonds is 18. The summed E-state index contributed by atoms with van der Waals surface area (Å²) in [6.45, 7) is 13.6. The average Bonchev–Trinajstić information content (AvgIpc) is 3.35. The van der Waals surface area contributed by atoms with Crippen molar-refractivity contribution in [2.45, 2.75) is 71.9 Å². The molecule has 0 bridgehead atoms. The van der Waals surface area contributed by atoms with Crippen molar-refractivity contribution in [1.82, 2.24) is 9.88 Å². The highest BCUT2D eigenvalue weighted by Gasteiger charge is 2.31. The van der Waals surface area contributed by atoms with Gasteiger partial charge in [0.1, 0.15) is 23.4 Å². The predicted molar refractivity (Wildman–Crippen MR) is 173 cm³/mol. The second-order valence-corrected chi connectivity index (χ2v) is 18.5. The van der Waals surface area contributed by atoms with E-state index in [-0.39, 0.29) is 31.2 Å². The lowest BCUT2D eigenvalue weighted by atomic mass is 10.1. The lowest BCUT2D eigenvalue weighted by Crippen LogP contribution is -2.37. The number of carbonyl (C=O) groups excluding carboxylic acids is 2. The normalized spacial score (nSPS) is 12.2. The van der Waals surface area contributed by atoms with Crippen LogP contribution >= 0.6 is 11.3 Å². The van der Waals surface area contributed by atoms with E-state index in [1.54, 1.807) is 24.8 Å². The summed E-state index contributed by atoms with van der Waals surface area (Å²) < 4.78 is 37.8. The van der Waals surface area contributed by atoms with Gasteiger partial charge in [0.2, 0.25) is 0 Å². The van der Waals surface area contributed by atoms with Crippen molar-refractivity contribution < 1.29 is 32.9 Å². The molecular formula is C33H45FN2O6SSi. The molecule has 1 heterocycles. The summed E-state index contributed by atoms with van der Waals surface area (Å²) in [5, 5.41) is 0.580. The third kappa shape index (κ3) is 11.1. The van der Waals surface area contributed by atoms with Crippen molar-refractivity contribution >= 4 is 31.3 Å². The second kappa shape index (κ2) is 17.4. The Balaban J connectivity index is 1.89. The third-order valence-electron chi connectivity index (χ3n) is 6.79. The van der Waals surface area contributed by atoms with Gasteiger partial charge in [-0.15, -0.1) is 11.3 Å². The molecule has 0 aliphatic carbocycles. The van der Waals surface area contributed by atoms with E-state index in [0.717, 1.165) is 18.0 Å². The summed E-state index contributed by atoms with van der Waals surface area (Å²) in [5.41, 5.74) is 1.49. The Kier molecular flexibility index (Phi) is 14.0. The smallest absolute Gasteiger partial charge is 0.358 e. The lowest BCUT2D eigenvalue weighted by molar-refractivity contribution is -0.156. The van der Waals surface area contributed by atoms with Gasteiger partial charge in [-0.05, 0) is 57.4 Å². The molecule has 2 aromatic carbocycles. The van der Waals surface area contributed by atoms with E-state index in [1.165, 1.54) is 23.5 Å². The van der Waals surface area contributed by atoms with Crippen LogP contribution in [-0.4, -0.2) is 63.0 Å². The molecule has 1 amide bonds. The molecule has 0 N–H and O–H groups in total. The molecular weight excluding hydrogens is 600 g/mol. The minimum absolute atomic E-state index is 0.0999. The molecule has 8 nitrogen and oxygen atoms in total. The van der Waals surface area contributed by atoms with Crippen LogP contribution < -0.4 is 4.74 Å². The van der Waals surface area contributed by atoms with E-state index in [4.69, 9.17) is 18.9 Å². The average molecular weight is 645 g/mol. The monoisotopic (exact) mass is 644 g/mol. The van der Waals surface area contributed by atoms with Crippen molar-refractivity contribution in [3.63, 3.8) is 0 Å². The van der Waals surface area contributed by atoms with E-state index in [2.05, 4.69) is 24.6 Å². The Morgan fingerprint density at radius 1 is 1.07 bits per heavy atom. The number of nitrogens with zero attached hydrogens (tertiary/aromatic N) is 2. The van der Waals surface area contributed by atoms with Gasteiger partial charge in [-0.2, -0.15) is 0 Å². The number of ether oxygens (including phenoxy) is 4. The maximum absolute atomic E-state index is 15.5. The molecule has 0 spiro atoms. The van der Waals surface area contributed by atoms with Crippen molar-refractivity contribution in [3.8, 4) is 5.75 Å². The highest BCUT2D eigenvalue weighted by molar-refractivity contribution is 7.11. The quantitative estimate of drug-likeness (QED) is 0.0627. The molecule has 11 heteroatoms. The molecule has 3 rings (SSSR count). The van der Waals surface area contributed by atoms with Crippen molar-refractivity contribution in [2.75, 3.05) is 33.2 Å². The summed E-state index contributed by atoms with van der Waals surface area (Å²) in [6, 6.07) is 15.4. The van der Waals surface area contributed by atoms with E-state index < -0.39 is 31.9 Å². The molecule has 1 unspecified atom stereocenters. The second-order valence-electron chi connectivity index (χ2n) is 11.6. The van der Waals surface area contributed by atoms with E-state index in [1.807, 2.05) is 37.3 Å². The maximum atomic E-state index is 15.5. The number of hydrogen-bond acceptors (Lipinski definition) is 8. The van der Waals surface area contributed by atoms with Gasteiger partial charge in [0.05, 0.1) is 19.8 Å². The maximum Gasteiger partial charge on any atom is 0.358 e. The van der Waals surface area contributed by atoms with Gasteiger partial charge in [-0.25, -0.2) is 14.2 Å². The van der Waals surface area contributed by atoms with Crippen LogP contribution in [0.4, 0.5) is 4.39 Å². The number of carbonyl (C=O) groups is 2. The first kappa shape index (κ1) is 35.4. The van der Waals surface area contributed by atoms with Gasteiger partial charge in [0, 0.05) is 37.7 Å². The predicted octanol–water partition coefficient (Wildman–Crippen LogP) is 7.20. The first-order valence-electron chi connectivity index (χ1n) is 15.1. The summed E-state index contributed by atoms with van der Waals surface area (Å²) in [4.78, 5) is 33.5. The van der Waals surface area contributed by atoms with Crippen LogP contribution in [-0.2, 0) is 32.0 Å². The molecule has 1 aromatic heterocycles. The van der Waals surface area contributed by atoms with Crippen LogP contribution in [0, 0.1) is 12.7 Å². The van der Waals surface area contributed by atoms with E-state index in [0.29, 0.717) is 41.8 Å². The van der Waals surface area contributed by atoms with Crippen LogP contribution in [0.1, 0.15) is 57.9 Å². The minimum Gasteiger partial charge on any atom is -0.494 e. The Morgan fingerprint density at radius 2 is 1.82 bits per heavy atom. The molecule has 44 heavy (non-hydrogen) atoms. The molecule has 0 aliphatic heterocycles. The molecule has 0 aliphatic rings. The zero-order valence-corrected chi connectivity index (χ0v) is 28.5. The van der Waals surface area contributed by atoms with Gasteiger partial charge in [0.15, 0.2) is 11.8 Å². The van der Waals surface area contributed by atoms with Crippen LogP contribution in [0.3, 0.4) is 0 Å². The zero-order chi connectivity index (χ0) is 32.1. The number of benzene rings is 2.